The van der Waals surface area contributed by atoms with Gasteiger partial charge in [-0.15, -0.1) is 0 Å². The number of rotatable bonds is 4. The zero-order valence-corrected chi connectivity index (χ0v) is 12.4. The van der Waals surface area contributed by atoms with Gasteiger partial charge in [-0.1, -0.05) is 31.9 Å². The lowest BCUT2D eigenvalue weighted by Gasteiger charge is -2.37. The van der Waals surface area contributed by atoms with Crippen LogP contribution in [0.3, 0.4) is 0 Å². The fraction of sp³-hybridized carbons (Fsp3) is 0.647. The minimum Gasteiger partial charge on any atom is -0.491 e. The van der Waals surface area contributed by atoms with Gasteiger partial charge in [-0.25, -0.2) is 0 Å². The molecule has 0 aromatic heterocycles. The standard InChI is InChI=1S/C17H26O2/c1-4-14-7-6-10-17(18,12-14)15-8-5-9-16(11-15)19-13(2)3/h5,8-9,11,13-14,18H,4,6-7,10,12H2,1-3H3. The van der Waals surface area contributed by atoms with Crippen molar-refractivity contribution in [1.29, 1.82) is 0 Å². The van der Waals surface area contributed by atoms with Crippen molar-refractivity contribution in [3.05, 3.63) is 29.8 Å². The molecule has 0 amide bonds. The first kappa shape index (κ1) is 14.4. The Morgan fingerprint density at radius 2 is 2.21 bits per heavy atom. The summed E-state index contributed by atoms with van der Waals surface area (Å²) in [5.74, 6) is 1.51. The van der Waals surface area contributed by atoms with Gasteiger partial charge in [0, 0.05) is 0 Å². The molecule has 106 valence electrons. The zero-order chi connectivity index (χ0) is 13.9. The second-order valence-corrected chi connectivity index (χ2v) is 6.10. The molecule has 0 saturated heterocycles. The lowest BCUT2D eigenvalue weighted by molar-refractivity contribution is -0.0219. The molecule has 0 bridgehead atoms. The predicted molar refractivity (Wildman–Crippen MR) is 78.4 cm³/mol. The van der Waals surface area contributed by atoms with Crippen LogP contribution in [-0.4, -0.2) is 11.2 Å². The second-order valence-electron chi connectivity index (χ2n) is 6.10. The Morgan fingerprint density at radius 1 is 1.42 bits per heavy atom. The van der Waals surface area contributed by atoms with Gasteiger partial charge in [-0.2, -0.15) is 0 Å². The van der Waals surface area contributed by atoms with E-state index in [0.717, 1.165) is 37.0 Å². The van der Waals surface area contributed by atoms with Gasteiger partial charge >= 0.3 is 0 Å². The Bertz CT molecular complexity index is 413. The summed E-state index contributed by atoms with van der Waals surface area (Å²) in [6.07, 6.45) is 5.44. The monoisotopic (exact) mass is 262 g/mol. The molecule has 1 fully saturated rings. The van der Waals surface area contributed by atoms with Crippen LogP contribution in [0.15, 0.2) is 24.3 Å². The van der Waals surface area contributed by atoms with Crippen molar-refractivity contribution in [3.63, 3.8) is 0 Å². The van der Waals surface area contributed by atoms with Crippen LogP contribution in [0, 0.1) is 5.92 Å². The van der Waals surface area contributed by atoms with Crippen molar-refractivity contribution in [2.75, 3.05) is 0 Å². The van der Waals surface area contributed by atoms with E-state index in [2.05, 4.69) is 6.92 Å². The van der Waals surface area contributed by atoms with E-state index >= 15 is 0 Å². The van der Waals surface area contributed by atoms with Crippen LogP contribution in [0.2, 0.25) is 0 Å². The predicted octanol–water partition coefficient (Wildman–Crippen LogP) is 4.26. The van der Waals surface area contributed by atoms with E-state index < -0.39 is 5.60 Å². The third-order valence-corrected chi connectivity index (χ3v) is 4.15. The van der Waals surface area contributed by atoms with Gasteiger partial charge in [0.05, 0.1) is 11.7 Å². The van der Waals surface area contributed by atoms with Crippen molar-refractivity contribution < 1.29 is 9.84 Å². The Labute approximate surface area is 116 Å². The zero-order valence-electron chi connectivity index (χ0n) is 12.4. The molecule has 0 radical (unpaired) electrons. The average molecular weight is 262 g/mol. The van der Waals surface area contributed by atoms with Gasteiger partial charge in [-0.05, 0) is 56.7 Å². The molecule has 1 aliphatic carbocycles. The highest BCUT2D eigenvalue weighted by Gasteiger charge is 2.35. The van der Waals surface area contributed by atoms with E-state index in [9.17, 15) is 5.11 Å². The maximum Gasteiger partial charge on any atom is 0.120 e. The SMILES string of the molecule is CCC1CCCC(O)(c2cccc(OC(C)C)c2)C1. The highest BCUT2D eigenvalue weighted by Crippen LogP contribution is 2.41. The molecular weight excluding hydrogens is 236 g/mol. The first-order chi connectivity index (χ1) is 9.03. The number of ether oxygens (including phenoxy) is 1. The molecule has 2 atom stereocenters. The molecule has 2 unspecified atom stereocenters. The number of hydrogen-bond acceptors (Lipinski definition) is 2. The van der Waals surface area contributed by atoms with Crippen LogP contribution in [0.4, 0.5) is 0 Å². The summed E-state index contributed by atoms with van der Waals surface area (Å²) in [7, 11) is 0. The largest absolute Gasteiger partial charge is 0.491 e. The molecule has 2 rings (SSSR count). The summed E-state index contributed by atoms with van der Waals surface area (Å²) in [6, 6.07) is 8.00. The van der Waals surface area contributed by atoms with E-state index in [0.29, 0.717) is 5.92 Å². The maximum absolute atomic E-state index is 10.9. The van der Waals surface area contributed by atoms with Gasteiger partial charge in [0.25, 0.3) is 0 Å². The third kappa shape index (κ3) is 3.50. The molecule has 1 aliphatic rings. The minimum absolute atomic E-state index is 0.166. The van der Waals surface area contributed by atoms with Gasteiger partial charge in [0.2, 0.25) is 0 Å². The Hall–Kier alpha value is -1.02. The van der Waals surface area contributed by atoms with E-state index in [4.69, 9.17) is 4.74 Å². The molecule has 1 aromatic rings. The van der Waals surface area contributed by atoms with Crippen molar-refractivity contribution in [3.8, 4) is 5.75 Å². The maximum atomic E-state index is 10.9. The summed E-state index contributed by atoms with van der Waals surface area (Å²) in [6.45, 7) is 6.26. The van der Waals surface area contributed by atoms with Gasteiger partial charge in [0.15, 0.2) is 0 Å². The first-order valence-electron chi connectivity index (χ1n) is 7.53. The lowest BCUT2D eigenvalue weighted by Crippen LogP contribution is -2.32. The van der Waals surface area contributed by atoms with Crippen LogP contribution in [0.1, 0.15) is 58.4 Å². The molecule has 0 aliphatic heterocycles. The van der Waals surface area contributed by atoms with Crippen LogP contribution < -0.4 is 4.74 Å². The highest BCUT2D eigenvalue weighted by atomic mass is 16.5. The van der Waals surface area contributed by atoms with Crippen molar-refractivity contribution in [2.45, 2.75) is 64.6 Å². The molecule has 0 heterocycles. The number of hydrogen-bond donors (Lipinski definition) is 1. The molecule has 2 nitrogen and oxygen atoms in total. The van der Waals surface area contributed by atoms with Crippen LogP contribution >= 0.6 is 0 Å². The number of aliphatic hydroxyl groups is 1. The topological polar surface area (TPSA) is 29.5 Å². The quantitative estimate of drug-likeness (QED) is 0.878. The molecular formula is C17H26O2. The van der Waals surface area contributed by atoms with E-state index in [1.807, 2.05) is 38.1 Å². The molecule has 1 N–H and O–H groups in total. The normalized spacial score (nSPS) is 27.5. The average Bonchev–Trinajstić information content (AvgIpc) is 2.38. The summed E-state index contributed by atoms with van der Waals surface area (Å²) in [5, 5.41) is 10.9. The van der Waals surface area contributed by atoms with Crippen molar-refractivity contribution >= 4 is 0 Å². The minimum atomic E-state index is -0.657. The summed E-state index contributed by atoms with van der Waals surface area (Å²) in [5.41, 5.74) is 0.360. The van der Waals surface area contributed by atoms with Gasteiger partial charge in [0.1, 0.15) is 5.75 Å². The van der Waals surface area contributed by atoms with Crippen molar-refractivity contribution in [2.24, 2.45) is 5.92 Å². The molecule has 0 spiro atoms. The third-order valence-electron chi connectivity index (χ3n) is 4.15. The van der Waals surface area contributed by atoms with Crippen LogP contribution in [0.5, 0.6) is 5.75 Å². The summed E-state index contributed by atoms with van der Waals surface area (Å²) < 4.78 is 5.73. The fourth-order valence-electron chi connectivity index (χ4n) is 3.11. The summed E-state index contributed by atoms with van der Waals surface area (Å²) in [4.78, 5) is 0. The molecule has 1 aromatic carbocycles. The Morgan fingerprint density at radius 3 is 2.89 bits per heavy atom. The Kier molecular flexibility index (Phi) is 4.51. The van der Waals surface area contributed by atoms with E-state index in [-0.39, 0.29) is 6.10 Å². The first-order valence-corrected chi connectivity index (χ1v) is 7.53. The highest BCUT2D eigenvalue weighted by molar-refractivity contribution is 5.33. The molecule has 19 heavy (non-hydrogen) atoms. The molecule has 2 heteroatoms. The van der Waals surface area contributed by atoms with Gasteiger partial charge < -0.3 is 9.84 Å². The fourth-order valence-corrected chi connectivity index (χ4v) is 3.11. The van der Waals surface area contributed by atoms with Crippen molar-refractivity contribution in [1.82, 2.24) is 0 Å². The van der Waals surface area contributed by atoms with E-state index in [1.165, 1.54) is 6.42 Å². The Balaban J connectivity index is 2.19. The van der Waals surface area contributed by atoms with Gasteiger partial charge in [-0.3, -0.25) is 0 Å². The number of benzene rings is 1. The summed E-state index contributed by atoms with van der Waals surface area (Å²) >= 11 is 0. The van der Waals surface area contributed by atoms with Crippen LogP contribution in [-0.2, 0) is 5.60 Å². The lowest BCUT2D eigenvalue weighted by atomic mass is 9.73. The smallest absolute Gasteiger partial charge is 0.120 e. The van der Waals surface area contributed by atoms with Crippen LogP contribution in [0.25, 0.3) is 0 Å². The second kappa shape index (κ2) is 5.96. The molecule has 1 saturated carbocycles. The van der Waals surface area contributed by atoms with E-state index in [1.54, 1.807) is 0 Å².